The lowest BCUT2D eigenvalue weighted by Gasteiger charge is -2.12. The number of hydrogen-bond acceptors (Lipinski definition) is 6. The zero-order valence-corrected chi connectivity index (χ0v) is 15.9. The lowest BCUT2D eigenvalue weighted by Crippen LogP contribution is -2.16. The van der Waals surface area contributed by atoms with Crippen LogP contribution >= 0.6 is 0 Å². The van der Waals surface area contributed by atoms with E-state index in [0.29, 0.717) is 11.1 Å². The molecule has 3 aromatic rings. The Morgan fingerprint density at radius 3 is 2.00 bits per heavy atom. The summed E-state index contributed by atoms with van der Waals surface area (Å²) in [5.41, 5.74) is 0.216. The molecule has 0 spiro atoms. The zero-order valence-electron chi connectivity index (χ0n) is 15.1. The van der Waals surface area contributed by atoms with Crippen LogP contribution in [0.15, 0.2) is 65.6 Å². The van der Waals surface area contributed by atoms with E-state index in [9.17, 15) is 18.0 Å². The second kappa shape index (κ2) is 7.69. The third-order valence-electron chi connectivity index (χ3n) is 4.09. The molecule has 0 aliphatic carbocycles. The first-order valence-corrected chi connectivity index (χ1v) is 9.66. The summed E-state index contributed by atoms with van der Waals surface area (Å²) in [6.45, 7) is 0. The number of sulfonamides is 1. The Labute approximate surface area is 161 Å². The number of nitrogens with one attached hydrogen (secondary N) is 1. The molecule has 1 N–H and O–H groups in total. The fraction of sp³-hybridized carbons (Fsp3) is 0.100. The molecule has 0 unspecified atom stereocenters. The summed E-state index contributed by atoms with van der Waals surface area (Å²) < 4.78 is 37.7. The lowest BCUT2D eigenvalue weighted by molar-refractivity contribution is 0.0598. The second-order valence-electron chi connectivity index (χ2n) is 5.86. The molecule has 0 saturated carbocycles. The van der Waals surface area contributed by atoms with Crippen LogP contribution in [0.2, 0.25) is 0 Å². The van der Waals surface area contributed by atoms with Gasteiger partial charge in [-0.15, -0.1) is 0 Å². The molecule has 0 amide bonds. The van der Waals surface area contributed by atoms with Gasteiger partial charge < -0.3 is 9.47 Å². The van der Waals surface area contributed by atoms with Crippen LogP contribution in [0.3, 0.4) is 0 Å². The van der Waals surface area contributed by atoms with E-state index >= 15 is 0 Å². The van der Waals surface area contributed by atoms with E-state index in [-0.39, 0.29) is 16.0 Å². The Morgan fingerprint density at radius 2 is 1.39 bits per heavy atom. The smallest absolute Gasteiger partial charge is 0.337 e. The summed E-state index contributed by atoms with van der Waals surface area (Å²) in [5.74, 6) is -1.54. The summed E-state index contributed by atoms with van der Waals surface area (Å²) >= 11 is 0. The highest BCUT2D eigenvalue weighted by molar-refractivity contribution is 7.92. The van der Waals surface area contributed by atoms with Crippen molar-refractivity contribution in [1.29, 1.82) is 0 Å². The molecule has 0 aliphatic heterocycles. The van der Waals surface area contributed by atoms with Crippen LogP contribution < -0.4 is 4.72 Å². The zero-order chi connectivity index (χ0) is 20.3. The number of anilines is 1. The molecule has 28 heavy (non-hydrogen) atoms. The van der Waals surface area contributed by atoms with E-state index in [2.05, 4.69) is 14.2 Å². The highest BCUT2D eigenvalue weighted by atomic mass is 32.2. The fourth-order valence-electron chi connectivity index (χ4n) is 2.74. The van der Waals surface area contributed by atoms with Crippen LogP contribution in [-0.2, 0) is 19.5 Å². The lowest BCUT2D eigenvalue weighted by atomic mass is 10.1. The summed E-state index contributed by atoms with van der Waals surface area (Å²) in [7, 11) is -1.77. The maximum absolute atomic E-state index is 13.0. The maximum atomic E-state index is 13.0. The fourth-order valence-corrected chi connectivity index (χ4v) is 3.89. The van der Waals surface area contributed by atoms with Gasteiger partial charge in [0.15, 0.2) is 0 Å². The van der Waals surface area contributed by atoms with E-state index in [1.807, 2.05) is 18.2 Å². The van der Waals surface area contributed by atoms with E-state index in [1.165, 1.54) is 6.07 Å². The SMILES string of the molecule is COC(=O)c1cc(C(=O)OC)cc(S(=O)(=O)Nc2cccc3ccccc23)c1. The standard InChI is InChI=1S/C20H17NO6S/c1-26-19(22)14-10-15(20(23)27-2)12-16(11-14)28(24,25)21-18-9-5-7-13-6-3-4-8-17(13)18/h3-12,21H,1-2H3. The molecule has 0 radical (unpaired) electrons. The van der Waals surface area contributed by atoms with Crippen LogP contribution in [0.25, 0.3) is 10.8 Å². The Hall–Kier alpha value is -3.39. The number of methoxy groups -OCH3 is 2. The van der Waals surface area contributed by atoms with Gasteiger partial charge in [0.2, 0.25) is 0 Å². The van der Waals surface area contributed by atoms with Crippen LogP contribution in [0, 0.1) is 0 Å². The molecule has 0 saturated heterocycles. The summed E-state index contributed by atoms with van der Waals surface area (Å²) in [6.07, 6.45) is 0. The van der Waals surface area contributed by atoms with Crippen molar-refractivity contribution in [1.82, 2.24) is 0 Å². The Balaban J connectivity index is 2.10. The van der Waals surface area contributed by atoms with Crippen molar-refractivity contribution in [3.63, 3.8) is 0 Å². The van der Waals surface area contributed by atoms with Crippen molar-refractivity contribution in [2.24, 2.45) is 0 Å². The molecule has 0 aliphatic rings. The minimum absolute atomic E-state index is 0.0799. The average molecular weight is 399 g/mol. The Morgan fingerprint density at radius 1 is 0.821 bits per heavy atom. The number of fused-ring (bicyclic) bond motifs is 1. The van der Waals surface area contributed by atoms with Gasteiger partial charge >= 0.3 is 11.9 Å². The molecular formula is C20H17NO6S. The van der Waals surface area contributed by atoms with Crippen molar-refractivity contribution in [3.8, 4) is 0 Å². The number of carbonyl (C=O) groups is 2. The van der Waals surface area contributed by atoms with E-state index < -0.39 is 22.0 Å². The van der Waals surface area contributed by atoms with Crippen LogP contribution in [0.5, 0.6) is 0 Å². The van der Waals surface area contributed by atoms with Crippen LogP contribution in [0.1, 0.15) is 20.7 Å². The predicted molar refractivity (Wildman–Crippen MR) is 104 cm³/mol. The topological polar surface area (TPSA) is 98.8 Å². The van der Waals surface area contributed by atoms with Crippen molar-refractivity contribution >= 4 is 38.4 Å². The minimum atomic E-state index is -4.10. The molecule has 144 valence electrons. The molecule has 3 aromatic carbocycles. The number of hydrogen-bond donors (Lipinski definition) is 1. The second-order valence-corrected chi connectivity index (χ2v) is 7.54. The van der Waals surface area contributed by atoms with Gasteiger partial charge in [-0.2, -0.15) is 0 Å². The molecule has 0 atom stereocenters. The molecular weight excluding hydrogens is 382 g/mol. The number of esters is 2. The highest BCUT2D eigenvalue weighted by Gasteiger charge is 2.21. The number of benzene rings is 3. The number of ether oxygens (including phenoxy) is 2. The van der Waals surface area contributed by atoms with Crippen molar-refractivity contribution < 1.29 is 27.5 Å². The monoisotopic (exact) mass is 399 g/mol. The van der Waals surface area contributed by atoms with E-state index in [4.69, 9.17) is 0 Å². The molecule has 8 heteroatoms. The number of rotatable bonds is 5. The normalized spacial score (nSPS) is 11.1. The van der Waals surface area contributed by atoms with Gasteiger partial charge in [-0.3, -0.25) is 4.72 Å². The Kier molecular flexibility index (Phi) is 5.32. The largest absolute Gasteiger partial charge is 0.465 e. The van der Waals surface area contributed by atoms with Crippen molar-refractivity contribution in [2.45, 2.75) is 4.90 Å². The predicted octanol–water partition coefficient (Wildman–Crippen LogP) is 3.21. The number of carbonyl (C=O) groups excluding carboxylic acids is 2. The summed E-state index contributed by atoms with van der Waals surface area (Å²) in [6, 6.07) is 16.0. The van der Waals surface area contributed by atoms with Gasteiger partial charge in [0.25, 0.3) is 10.0 Å². The summed E-state index contributed by atoms with van der Waals surface area (Å²) in [4.78, 5) is 23.5. The maximum Gasteiger partial charge on any atom is 0.337 e. The third kappa shape index (κ3) is 3.81. The average Bonchev–Trinajstić information content (AvgIpc) is 2.72. The molecule has 0 bridgehead atoms. The van der Waals surface area contributed by atoms with Gasteiger partial charge in [0.1, 0.15) is 0 Å². The highest BCUT2D eigenvalue weighted by Crippen LogP contribution is 2.26. The third-order valence-corrected chi connectivity index (χ3v) is 5.44. The quantitative estimate of drug-likeness (QED) is 0.662. The van der Waals surface area contributed by atoms with Gasteiger partial charge in [0.05, 0.1) is 35.9 Å². The molecule has 0 aromatic heterocycles. The van der Waals surface area contributed by atoms with Crippen molar-refractivity contribution in [2.75, 3.05) is 18.9 Å². The molecule has 0 heterocycles. The van der Waals surface area contributed by atoms with Gasteiger partial charge in [-0.05, 0) is 29.7 Å². The van der Waals surface area contributed by atoms with Gasteiger partial charge in [0, 0.05) is 5.39 Å². The molecule has 7 nitrogen and oxygen atoms in total. The summed E-state index contributed by atoms with van der Waals surface area (Å²) in [5, 5.41) is 1.58. The molecule has 3 rings (SSSR count). The van der Waals surface area contributed by atoms with E-state index in [0.717, 1.165) is 31.7 Å². The van der Waals surface area contributed by atoms with Gasteiger partial charge in [-0.1, -0.05) is 36.4 Å². The first-order chi connectivity index (χ1) is 13.4. The first-order valence-electron chi connectivity index (χ1n) is 8.18. The van der Waals surface area contributed by atoms with E-state index in [1.54, 1.807) is 24.3 Å². The minimum Gasteiger partial charge on any atom is -0.465 e. The van der Waals surface area contributed by atoms with Crippen LogP contribution in [-0.4, -0.2) is 34.6 Å². The molecule has 0 fully saturated rings. The Bertz CT molecular complexity index is 1130. The van der Waals surface area contributed by atoms with Crippen molar-refractivity contribution in [3.05, 3.63) is 71.8 Å². The van der Waals surface area contributed by atoms with Gasteiger partial charge in [-0.25, -0.2) is 18.0 Å². The van der Waals surface area contributed by atoms with Crippen LogP contribution in [0.4, 0.5) is 5.69 Å². The first kappa shape index (κ1) is 19.4.